The number of pyridine rings is 1. The summed E-state index contributed by atoms with van der Waals surface area (Å²) in [6.45, 7) is 1.64. The Hall–Kier alpha value is -1.40. The van der Waals surface area contributed by atoms with Gasteiger partial charge < -0.3 is 10.2 Å². The van der Waals surface area contributed by atoms with Crippen LogP contribution in [0.25, 0.3) is 0 Å². The van der Waals surface area contributed by atoms with E-state index in [1.807, 2.05) is 14.1 Å². The summed E-state index contributed by atoms with van der Waals surface area (Å²) >= 11 is 5.69. The summed E-state index contributed by atoms with van der Waals surface area (Å²) in [4.78, 5) is 16.2. The molecule has 1 heterocycles. The Morgan fingerprint density at radius 2 is 2.24 bits per heavy atom. The van der Waals surface area contributed by atoms with Crippen LogP contribution in [-0.2, 0) is 0 Å². The maximum Gasteiger partial charge on any atom is 0.276 e. The van der Waals surface area contributed by atoms with Crippen LogP contribution in [0.2, 0.25) is 5.15 Å². The minimum absolute atomic E-state index is 0.0555. The lowest BCUT2D eigenvalue weighted by atomic mass is 10.3. The Balaban J connectivity index is 2.56. The van der Waals surface area contributed by atoms with Crippen molar-refractivity contribution in [1.29, 1.82) is 0 Å². The molecule has 7 heteroatoms. The van der Waals surface area contributed by atoms with E-state index in [4.69, 9.17) is 11.6 Å². The number of nitrogens with one attached hydrogen (secondary N) is 1. The molecule has 17 heavy (non-hydrogen) atoms. The monoisotopic (exact) mass is 258 g/mol. The molecule has 0 spiro atoms. The van der Waals surface area contributed by atoms with Gasteiger partial charge in [-0.15, -0.1) is 0 Å². The van der Waals surface area contributed by atoms with Gasteiger partial charge in [-0.2, -0.15) is 0 Å². The van der Waals surface area contributed by atoms with Gasteiger partial charge in [0.1, 0.15) is 11.0 Å². The minimum atomic E-state index is -0.488. The predicted molar refractivity (Wildman–Crippen MR) is 67.6 cm³/mol. The highest BCUT2D eigenvalue weighted by Crippen LogP contribution is 2.20. The van der Waals surface area contributed by atoms with Crippen LogP contribution in [0.1, 0.15) is 6.42 Å². The van der Waals surface area contributed by atoms with Crippen molar-refractivity contribution >= 4 is 23.1 Å². The van der Waals surface area contributed by atoms with Crippen molar-refractivity contribution in [3.8, 4) is 0 Å². The second-order valence-electron chi connectivity index (χ2n) is 3.87. The topological polar surface area (TPSA) is 71.3 Å². The lowest BCUT2D eigenvalue weighted by Gasteiger charge is -2.10. The van der Waals surface area contributed by atoms with Crippen molar-refractivity contribution < 1.29 is 4.92 Å². The van der Waals surface area contributed by atoms with Crippen LogP contribution in [0.5, 0.6) is 0 Å². The first kappa shape index (κ1) is 13.7. The highest BCUT2D eigenvalue weighted by molar-refractivity contribution is 6.29. The summed E-state index contributed by atoms with van der Waals surface area (Å²) in [6.07, 6.45) is 0.926. The van der Waals surface area contributed by atoms with E-state index in [0.717, 1.165) is 13.0 Å². The van der Waals surface area contributed by atoms with Crippen molar-refractivity contribution in [2.45, 2.75) is 6.42 Å². The Morgan fingerprint density at radius 3 is 2.82 bits per heavy atom. The molecule has 0 fully saturated rings. The smallest absolute Gasteiger partial charge is 0.276 e. The summed E-state index contributed by atoms with van der Waals surface area (Å²) < 4.78 is 0. The molecule has 0 radical (unpaired) electrons. The Bertz CT molecular complexity index is 398. The molecule has 0 aliphatic carbocycles. The molecule has 0 aliphatic heterocycles. The zero-order chi connectivity index (χ0) is 12.8. The fourth-order valence-electron chi connectivity index (χ4n) is 1.29. The molecule has 94 valence electrons. The number of nitrogens with zero attached hydrogens (tertiary/aromatic N) is 3. The third-order valence-corrected chi connectivity index (χ3v) is 2.27. The zero-order valence-corrected chi connectivity index (χ0v) is 10.6. The molecule has 1 rings (SSSR count). The molecule has 0 saturated heterocycles. The summed E-state index contributed by atoms with van der Waals surface area (Å²) in [7, 11) is 3.98. The molecule has 1 N–H and O–H groups in total. The molecule has 0 aliphatic rings. The zero-order valence-electron chi connectivity index (χ0n) is 9.81. The molecule has 0 bridgehead atoms. The normalized spacial score (nSPS) is 10.6. The van der Waals surface area contributed by atoms with E-state index in [9.17, 15) is 10.1 Å². The minimum Gasteiger partial charge on any atom is -0.370 e. The quantitative estimate of drug-likeness (QED) is 0.366. The summed E-state index contributed by atoms with van der Waals surface area (Å²) in [6, 6.07) is 2.61. The van der Waals surface area contributed by atoms with Gasteiger partial charge in [0.05, 0.1) is 17.1 Å². The third-order valence-electron chi connectivity index (χ3n) is 2.08. The Morgan fingerprint density at radius 1 is 1.53 bits per heavy atom. The van der Waals surface area contributed by atoms with Crippen molar-refractivity contribution in [2.75, 3.05) is 32.5 Å². The van der Waals surface area contributed by atoms with Crippen molar-refractivity contribution in [1.82, 2.24) is 9.88 Å². The third kappa shape index (κ3) is 4.97. The molecule has 6 nitrogen and oxygen atoms in total. The van der Waals surface area contributed by atoms with E-state index in [-0.39, 0.29) is 10.8 Å². The van der Waals surface area contributed by atoms with Crippen LogP contribution >= 0.6 is 11.6 Å². The van der Waals surface area contributed by atoms with Gasteiger partial charge in [0.15, 0.2) is 0 Å². The first-order chi connectivity index (χ1) is 7.99. The second-order valence-corrected chi connectivity index (χ2v) is 4.26. The Kier molecular flexibility index (Phi) is 5.11. The molecular weight excluding hydrogens is 244 g/mol. The standard InChI is InChI=1S/C10H15ClN4O2/c1-14(2)5-3-4-12-10-7-8(15(16)17)6-9(11)13-10/h6-7H,3-5H2,1-2H3,(H,12,13). The number of aromatic nitrogens is 1. The Labute approximate surface area is 105 Å². The van der Waals surface area contributed by atoms with Gasteiger partial charge in [-0.25, -0.2) is 4.98 Å². The predicted octanol–water partition coefficient (Wildman–Crippen LogP) is 2.01. The molecule has 1 aromatic heterocycles. The molecule has 0 unspecified atom stereocenters. The van der Waals surface area contributed by atoms with Gasteiger partial charge in [0, 0.05) is 6.54 Å². The fraction of sp³-hybridized carbons (Fsp3) is 0.500. The van der Waals surface area contributed by atoms with Gasteiger partial charge in [-0.1, -0.05) is 11.6 Å². The van der Waals surface area contributed by atoms with Crippen molar-refractivity contribution in [3.63, 3.8) is 0 Å². The SMILES string of the molecule is CN(C)CCCNc1cc([N+](=O)[O-])cc(Cl)n1. The van der Waals surface area contributed by atoms with E-state index in [1.165, 1.54) is 12.1 Å². The van der Waals surface area contributed by atoms with Gasteiger partial charge >= 0.3 is 0 Å². The van der Waals surface area contributed by atoms with Gasteiger partial charge in [-0.3, -0.25) is 10.1 Å². The lowest BCUT2D eigenvalue weighted by Crippen LogP contribution is -2.16. The molecule has 0 aromatic carbocycles. The maximum atomic E-state index is 10.6. The van der Waals surface area contributed by atoms with Crippen LogP contribution < -0.4 is 5.32 Å². The number of anilines is 1. The van der Waals surface area contributed by atoms with Gasteiger partial charge in [-0.05, 0) is 27.1 Å². The van der Waals surface area contributed by atoms with E-state index in [2.05, 4.69) is 15.2 Å². The van der Waals surface area contributed by atoms with Crippen molar-refractivity contribution in [2.24, 2.45) is 0 Å². The van der Waals surface area contributed by atoms with Crippen molar-refractivity contribution in [3.05, 3.63) is 27.4 Å². The molecule has 1 aromatic rings. The second kappa shape index (κ2) is 6.36. The average molecular weight is 259 g/mol. The van der Waals surface area contributed by atoms with Crippen LogP contribution in [0.4, 0.5) is 11.5 Å². The first-order valence-electron chi connectivity index (χ1n) is 5.19. The van der Waals surface area contributed by atoms with Crippen LogP contribution in [-0.4, -0.2) is 42.0 Å². The highest BCUT2D eigenvalue weighted by atomic mass is 35.5. The largest absolute Gasteiger partial charge is 0.370 e. The molecule has 0 amide bonds. The van der Waals surface area contributed by atoms with E-state index < -0.39 is 4.92 Å². The summed E-state index contributed by atoms with van der Waals surface area (Å²) in [5.41, 5.74) is -0.0555. The molecule has 0 saturated carbocycles. The van der Waals surface area contributed by atoms with Crippen LogP contribution in [0, 0.1) is 10.1 Å². The maximum absolute atomic E-state index is 10.6. The number of halogens is 1. The molecular formula is C10H15ClN4O2. The number of nitro groups is 1. The van der Waals surface area contributed by atoms with E-state index >= 15 is 0 Å². The number of rotatable bonds is 6. The number of hydrogen-bond acceptors (Lipinski definition) is 5. The van der Waals surface area contributed by atoms with E-state index in [0.29, 0.717) is 12.4 Å². The number of hydrogen-bond donors (Lipinski definition) is 1. The van der Waals surface area contributed by atoms with E-state index in [1.54, 1.807) is 0 Å². The lowest BCUT2D eigenvalue weighted by molar-refractivity contribution is -0.384. The average Bonchev–Trinajstić information content (AvgIpc) is 2.23. The summed E-state index contributed by atoms with van der Waals surface area (Å²) in [5.74, 6) is 0.433. The first-order valence-corrected chi connectivity index (χ1v) is 5.57. The fourth-order valence-corrected chi connectivity index (χ4v) is 1.49. The van der Waals surface area contributed by atoms with Gasteiger partial charge in [0.2, 0.25) is 0 Å². The summed E-state index contributed by atoms with van der Waals surface area (Å²) in [5, 5.41) is 13.7. The van der Waals surface area contributed by atoms with Crippen LogP contribution in [0.15, 0.2) is 12.1 Å². The van der Waals surface area contributed by atoms with Crippen LogP contribution in [0.3, 0.4) is 0 Å². The van der Waals surface area contributed by atoms with Gasteiger partial charge in [0.25, 0.3) is 5.69 Å². The highest BCUT2D eigenvalue weighted by Gasteiger charge is 2.09. The molecule has 0 atom stereocenters.